The fraction of sp³-hybridized carbons (Fsp3) is 0.235. The first-order valence-corrected chi connectivity index (χ1v) is 7.75. The second-order valence-electron chi connectivity index (χ2n) is 5.31. The summed E-state index contributed by atoms with van der Waals surface area (Å²) < 4.78 is 13.1. The van der Waals surface area contributed by atoms with Gasteiger partial charge < -0.3 is 10.6 Å². The van der Waals surface area contributed by atoms with Gasteiger partial charge >= 0.3 is 0 Å². The molecule has 5 heteroatoms. The number of aryl methyl sites for hydroxylation is 2. The van der Waals surface area contributed by atoms with E-state index in [1.807, 2.05) is 6.92 Å². The first-order chi connectivity index (χ1) is 10.4. The summed E-state index contributed by atoms with van der Waals surface area (Å²) in [4.78, 5) is 0. The molecule has 0 fully saturated rings. The zero-order valence-corrected chi connectivity index (χ0v) is 14.3. The molecule has 0 radical (unpaired) electrons. The average Bonchev–Trinajstić information content (AvgIpc) is 2.45. The molecule has 116 valence electrons. The zero-order valence-electron chi connectivity index (χ0n) is 12.7. The summed E-state index contributed by atoms with van der Waals surface area (Å²) in [5.41, 5.74) is 4.26. The number of anilines is 1. The fourth-order valence-electron chi connectivity index (χ4n) is 2.24. The van der Waals surface area contributed by atoms with Crippen molar-refractivity contribution in [3.05, 3.63) is 63.9 Å². The molecule has 0 amide bonds. The van der Waals surface area contributed by atoms with Crippen LogP contribution < -0.4 is 10.6 Å². The van der Waals surface area contributed by atoms with Gasteiger partial charge in [-0.1, -0.05) is 35.4 Å². The van der Waals surface area contributed by atoms with Gasteiger partial charge in [-0.3, -0.25) is 0 Å². The van der Waals surface area contributed by atoms with Crippen molar-refractivity contribution in [3.63, 3.8) is 0 Å². The van der Waals surface area contributed by atoms with Crippen molar-refractivity contribution in [1.29, 1.82) is 0 Å². The number of nitrogens with one attached hydrogen (secondary N) is 2. The Morgan fingerprint density at radius 2 is 1.91 bits per heavy atom. The number of hydrogen-bond donors (Lipinski definition) is 2. The van der Waals surface area contributed by atoms with Gasteiger partial charge in [0.25, 0.3) is 0 Å². The van der Waals surface area contributed by atoms with E-state index in [-0.39, 0.29) is 11.1 Å². The quantitative estimate of drug-likeness (QED) is 0.758. The molecular weight excluding hydrogens is 319 g/mol. The van der Waals surface area contributed by atoms with Gasteiger partial charge in [0, 0.05) is 5.69 Å². The van der Waals surface area contributed by atoms with Crippen molar-refractivity contribution in [2.75, 3.05) is 5.32 Å². The van der Waals surface area contributed by atoms with E-state index in [4.69, 9.17) is 23.8 Å². The number of rotatable bonds is 3. The van der Waals surface area contributed by atoms with Gasteiger partial charge in [-0.2, -0.15) is 0 Å². The Morgan fingerprint density at radius 3 is 2.59 bits per heavy atom. The van der Waals surface area contributed by atoms with Crippen LogP contribution in [0.3, 0.4) is 0 Å². The summed E-state index contributed by atoms with van der Waals surface area (Å²) in [5, 5.41) is 6.78. The minimum Gasteiger partial charge on any atom is -0.356 e. The molecule has 2 aromatic rings. The number of hydrogen-bond acceptors (Lipinski definition) is 1. The summed E-state index contributed by atoms with van der Waals surface area (Å²) in [6, 6.07) is 10.8. The maximum absolute atomic E-state index is 13.1. The van der Waals surface area contributed by atoms with Crippen LogP contribution in [0.1, 0.15) is 29.7 Å². The molecule has 0 spiro atoms. The number of thiocarbonyl (C=S) groups is 1. The van der Waals surface area contributed by atoms with Gasteiger partial charge in [-0.15, -0.1) is 0 Å². The molecule has 0 saturated heterocycles. The highest BCUT2D eigenvalue weighted by Crippen LogP contribution is 2.21. The van der Waals surface area contributed by atoms with E-state index in [0.29, 0.717) is 10.8 Å². The monoisotopic (exact) mass is 336 g/mol. The highest BCUT2D eigenvalue weighted by Gasteiger charge is 2.10. The highest BCUT2D eigenvalue weighted by molar-refractivity contribution is 7.80. The van der Waals surface area contributed by atoms with Crippen molar-refractivity contribution >= 4 is 34.6 Å². The van der Waals surface area contributed by atoms with Crippen molar-refractivity contribution in [1.82, 2.24) is 5.32 Å². The van der Waals surface area contributed by atoms with Crippen LogP contribution in [0.15, 0.2) is 36.4 Å². The second kappa shape index (κ2) is 7.07. The van der Waals surface area contributed by atoms with Crippen molar-refractivity contribution < 1.29 is 4.39 Å². The van der Waals surface area contributed by atoms with Crippen LogP contribution in [0.5, 0.6) is 0 Å². The minimum atomic E-state index is -0.449. The smallest absolute Gasteiger partial charge is 0.171 e. The predicted octanol–water partition coefficient (Wildman–Crippen LogP) is 5.14. The van der Waals surface area contributed by atoms with E-state index in [9.17, 15) is 4.39 Å². The van der Waals surface area contributed by atoms with E-state index in [1.54, 1.807) is 6.07 Å². The highest BCUT2D eigenvalue weighted by atomic mass is 35.5. The fourth-order valence-corrected chi connectivity index (χ4v) is 2.72. The van der Waals surface area contributed by atoms with Crippen LogP contribution in [0.4, 0.5) is 10.1 Å². The number of benzene rings is 2. The number of halogens is 2. The Kier molecular flexibility index (Phi) is 5.37. The second-order valence-corrected chi connectivity index (χ2v) is 6.12. The molecule has 2 nitrogen and oxygen atoms in total. The van der Waals surface area contributed by atoms with Crippen LogP contribution in [0.25, 0.3) is 0 Å². The van der Waals surface area contributed by atoms with E-state index in [0.717, 1.165) is 0 Å². The lowest BCUT2D eigenvalue weighted by Crippen LogP contribution is -2.31. The Morgan fingerprint density at radius 1 is 1.18 bits per heavy atom. The van der Waals surface area contributed by atoms with Gasteiger partial charge in [0.2, 0.25) is 0 Å². The molecule has 0 saturated carbocycles. The lowest BCUT2D eigenvalue weighted by Gasteiger charge is -2.19. The summed E-state index contributed by atoms with van der Waals surface area (Å²) >= 11 is 11.1. The minimum absolute atomic E-state index is 0.0652. The van der Waals surface area contributed by atoms with Crippen molar-refractivity contribution in [2.45, 2.75) is 26.8 Å². The van der Waals surface area contributed by atoms with Gasteiger partial charge in [-0.25, -0.2) is 4.39 Å². The molecule has 2 rings (SSSR count). The van der Waals surface area contributed by atoms with Crippen LogP contribution in [0.2, 0.25) is 5.02 Å². The van der Waals surface area contributed by atoms with Crippen LogP contribution >= 0.6 is 23.8 Å². The summed E-state index contributed by atoms with van der Waals surface area (Å²) in [6.07, 6.45) is 0. The molecule has 1 atom stereocenters. The zero-order chi connectivity index (χ0) is 16.3. The Hall–Kier alpha value is -1.65. The van der Waals surface area contributed by atoms with Crippen LogP contribution in [0, 0.1) is 19.7 Å². The molecule has 0 bridgehead atoms. The van der Waals surface area contributed by atoms with E-state index < -0.39 is 5.82 Å². The van der Waals surface area contributed by atoms with Crippen LogP contribution in [-0.4, -0.2) is 5.11 Å². The molecule has 0 aliphatic carbocycles. The molecular formula is C17H18ClFN2S. The Balaban J connectivity index is 2.05. The third kappa shape index (κ3) is 4.18. The lowest BCUT2D eigenvalue weighted by molar-refractivity contribution is 0.628. The first kappa shape index (κ1) is 16.7. The Labute approximate surface area is 140 Å². The maximum Gasteiger partial charge on any atom is 0.171 e. The standard InChI is InChI=1S/C17H18ClFN2S/c1-10-4-5-11(2)14(8-10)12(3)20-17(22)21-13-6-7-16(19)15(18)9-13/h4-9,12H,1-3H3,(H2,20,21,22). The maximum atomic E-state index is 13.1. The van der Waals surface area contributed by atoms with Crippen LogP contribution in [-0.2, 0) is 0 Å². The van der Waals surface area contributed by atoms with Gasteiger partial charge in [-0.05, 0) is 62.3 Å². The molecule has 0 aliphatic heterocycles. The van der Waals surface area contributed by atoms with E-state index >= 15 is 0 Å². The third-order valence-corrected chi connectivity index (χ3v) is 3.94. The molecule has 22 heavy (non-hydrogen) atoms. The average molecular weight is 337 g/mol. The molecule has 0 aliphatic rings. The molecule has 1 unspecified atom stereocenters. The van der Waals surface area contributed by atoms with Gasteiger partial charge in [0.05, 0.1) is 11.1 Å². The first-order valence-electron chi connectivity index (χ1n) is 6.96. The van der Waals surface area contributed by atoms with Crippen molar-refractivity contribution in [2.24, 2.45) is 0 Å². The lowest BCUT2D eigenvalue weighted by atomic mass is 10.0. The van der Waals surface area contributed by atoms with E-state index in [2.05, 4.69) is 42.7 Å². The SMILES string of the molecule is Cc1ccc(C)c(C(C)NC(=S)Nc2ccc(F)c(Cl)c2)c1. The van der Waals surface area contributed by atoms with Gasteiger partial charge in [0.1, 0.15) is 5.82 Å². The topological polar surface area (TPSA) is 24.1 Å². The molecule has 0 heterocycles. The molecule has 2 N–H and O–H groups in total. The summed E-state index contributed by atoms with van der Waals surface area (Å²) in [6.45, 7) is 6.18. The summed E-state index contributed by atoms with van der Waals surface area (Å²) in [7, 11) is 0. The van der Waals surface area contributed by atoms with Crippen molar-refractivity contribution in [3.8, 4) is 0 Å². The third-order valence-electron chi connectivity index (χ3n) is 3.43. The largest absolute Gasteiger partial charge is 0.356 e. The van der Waals surface area contributed by atoms with E-state index in [1.165, 1.54) is 28.8 Å². The normalized spacial score (nSPS) is 11.9. The summed E-state index contributed by atoms with van der Waals surface area (Å²) in [5.74, 6) is -0.449. The molecule has 0 aromatic heterocycles. The molecule has 2 aromatic carbocycles. The Bertz CT molecular complexity index is 703. The predicted molar refractivity (Wildman–Crippen MR) is 95.1 cm³/mol. The van der Waals surface area contributed by atoms with Gasteiger partial charge in [0.15, 0.2) is 5.11 Å².